The van der Waals surface area contributed by atoms with Crippen LogP contribution in [0.4, 0.5) is 0 Å². The monoisotopic (exact) mass is 442 g/mol. The molecule has 2 N–H and O–H groups in total. The van der Waals surface area contributed by atoms with Crippen molar-refractivity contribution in [2.75, 3.05) is 14.1 Å². The molecule has 5 heteroatoms. The summed E-state index contributed by atoms with van der Waals surface area (Å²) in [7, 11) is 3.44. The predicted octanol–water partition coefficient (Wildman–Crippen LogP) is 7.03. The van der Waals surface area contributed by atoms with Gasteiger partial charge in [-0.2, -0.15) is 0 Å². The van der Waals surface area contributed by atoms with Crippen LogP contribution in [0.15, 0.2) is 0 Å². The van der Waals surface area contributed by atoms with Gasteiger partial charge < -0.3 is 14.7 Å². The predicted molar refractivity (Wildman–Crippen MR) is 129 cm³/mol. The fourth-order valence-corrected chi connectivity index (χ4v) is 4.34. The number of carbonyl (C=O) groups is 2. The van der Waals surface area contributed by atoms with E-state index in [0.717, 1.165) is 19.3 Å². The van der Waals surface area contributed by atoms with Crippen molar-refractivity contribution in [3.05, 3.63) is 0 Å². The first kappa shape index (κ1) is 29.9. The summed E-state index contributed by atoms with van der Waals surface area (Å²) in [5.41, 5.74) is -1.82. The summed E-state index contributed by atoms with van der Waals surface area (Å²) in [5.74, 6) is -2.55. The van der Waals surface area contributed by atoms with Crippen molar-refractivity contribution >= 4 is 11.9 Å². The Morgan fingerprint density at radius 3 is 1.26 bits per heavy atom. The van der Waals surface area contributed by atoms with E-state index in [1.807, 2.05) is 6.92 Å². The smallest absolute Gasteiger partial charge is 0.377 e. The Morgan fingerprint density at radius 1 is 0.677 bits per heavy atom. The Labute approximate surface area is 192 Å². The number of hydrogen-bond acceptors (Lipinski definition) is 2. The molecule has 1 atom stereocenters. The summed E-state index contributed by atoms with van der Waals surface area (Å²) in [4.78, 5) is 23.3. The lowest BCUT2D eigenvalue weighted by Crippen LogP contribution is -2.69. The summed E-state index contributed by atoms with van der Waals surface area (Å²) in [6, 6.07) is -0.0242. The van der Waals surface area contributed by atoms with Gasteiger partial charge in [0, 0.05) is 6.92 Å². The average molecular weight is 443 g/mol. The minimum atomic E-state index is -1.82. The van der Waals surface area contributed by atoms with Crippen molar-refractivity contribution < 1.29 is 24.3 Å². The Kier molecular flexibility index (Phi) is 15.9. The molecule has 0 rings (SSSR count). The molecule has 0 amide bonds. The molecule has 31 heavy (non-hydrogen) atoms. The molecule has 0 bridgehead atoms. The molecule has 0 aliphatic heterocycles. The van der Waals surface area contributed by atoms with Crippen LogP contribution in [0.2, 0.25) is 0 Å². The standard InChI is InChI=1S/C26H51NO4/c1-6-7-8-9-10-11-12-13-14-15-16-17-18-19-20-21-22-23(2)27(4,5)26(3,24(28)29)25(30)31/h23H,6-22H2,1-5H3,(H-,28,29,30,31)/p+1. The number of aliphatic carboxylic acids is 2. The number of quaternary nitrogens is 1. The number of hydrogen-bond donors (Lipinski definition) is 2. The lowest BCUT2D eigenvalue weighted by molar-refractivity contribution is -0.942. The van der Waals surface area contributed by atoms with Crippen LogP contribution in [0.25, 0.3) is 0 Å². The van der Waals surface area contributed by atoms with Crippen LogP contribution < -0.4 is 0 Å². The van der Waals surface area contributed by atoms with Gasteiger partial charge in [0.15, 0.2) is 0 Å². The molecule has 0 aromatic rings. The molecule has 184 valence electrons. The Hall–Kier alpha value is -1.10. The fourth-order valence-electron chi connectivity index (χ4n) is 4.34. The van der Waals surface area contributed by atoms with Gasteiger partial charge in [-0.3, -0.25) is 0 Å². The van der Waals surface area contributed by atoms with E-state index in [0.29, 0.717) is 0 Å². The summed E-state index contributed by atoms with van der Waals surface area (Å²) in [5, 5.41) is 19.0. The van der Waals surface area contributed by atoms with Crippen molar-refractivity contribution in [3.8, 4) is 0 Å². The van der Waals surface area contributed by atoms with Crippen LogP contribution in [0.5, 0.6) is 0 Å². The quantitative estimate of drug-likeness (QED) is 0.114. The van der Waals surface area contributed by atoms with Crippen LogP contribution in [0, 0.1) is 0 Å². The van der Waals surface area contributed by atoms with E-state index in [1.54, 1.807) is 14.1 Å². The molecule has 0 aliphatic carbocycles. The van der Waals surface area contributed by atoms with Crippen LogP contribution in [-0.2, 0) is 9.59 Å². The van der Waals surface area contributed by atoms with Gasteiger partial charge in [0.05, 0.1) is 20.1 Å². The Balaban J connectivity index is 3.74. The molecule has 0 saturated carbocycles. The Morgan fingerprint density at radius 2 is 0.968 bits per heavy atom. The highest BCUT2D eigenvalue weighted by atomic mass is 16.4. The molecule has 1 unspecified atom stereocenters. The topological polar surface area (TPSA) is 74.6 Å². The molecule has 0 aliphatic rings. The summed E-state index contributed by atoms with van der Waals surface area (Å²) < 4.78 is -0.0452. The number of unbranched alkanes of at least 4 members (excludes halogenated alkanes) is 15. The van der Waals surface area contributed by atoms with E-state index < -0.39 is 17.5 Å². The second kappa shape index (κ2) is 16.5. The molecule has 0 radical (unpaired) electrons. The zero-order valence-corrected chi connectivity index (χ0v) is 21.3. The molecule has 0 heterocycles. The molecule has 0 saturated heterocycles. The van der Waals surface area contributed by atoms with E-state index in [2.05, 4.69) is 6.92 Å². The molecule has 0 aromatic heterocycles. The minimum absolute atomic E-state index is 0.0242. The summed E-state index contributed by atoms with van der Waals surface area (Å²) in [6.07, 6.45) is 22.1. The normalized spacial score (nSPS) is 13.3. The maximum absolute atomic E-state index is 11.6. The number of carboxylic acid groups (broad SMARTS) is 2. The van der Waals surface area contributed by atoms with Crippen molar-refractivity contribution in [3.63, 3.8) is 0 Å². The maximum atomic E-state index is 11.6. The van der Waals surface area contributed by atoms with E-state index >= 15 is 0 Å². The zero-order valence-electron chi connectivity index (χ0n) is 21.3. The number of rotatable bonds is 21. The van der Waals surface area contributed by atoms with Crippen LogP contribution >= 0.6 is 0 Å². The van der Waals surface area contributed by atoms with E-state index in [4.69, 9.17) is 0 Å². The summed E-state index contributed by atoms with van der Waals surface area (Å²) in [6.45, 7) is 5.56. The van der Waals surface area contributed by atoms with Crippen LogP contribution in [-0.4, -0.2) is 52.3 Å². The van der Waals surface area contributed by atoms with Crippen molar-refractivity contribution in [1.29, 1.82) is 0 Å². The molecule has 0 fully saturated rings. The summed E-state index contributed by atoms with van der Waals surface area (Å²) >= 11 is 0. The first-order chi connectivity index (χ1) is 14.6. The maximum Gasteiger partial charge on any atom is 0.377 e. The van der Waals surface area contributed by atoms with Gasteiger partial charge in [0.2, 0.25) is 0 Å². The molecule has 0 aromatic carbocycles. The molecular formula is C26H52NO4+. The van der Waals surface area contributed by atoms with Gasteiger partial charge in [-0.05, 0) is 19.8 Å². The number of likely N-dealkylation sites (N-methyl/N-ethyl adjacent to an activating group) is 1. The van der Waals surface area contributed by atoms with Gasteiger partial charge in [-0.25, -0.2) is 9.59 Å². The second-order valence-corrected chi connectivity index (χ2v) is 10.2. The highest BCUT2D eigenvalue weighted by Crippen LogP contribution is 2.28. The van der Waals surface area contributed by atoms with E-state index in [-0.39, 0.29) is 10.5 Å². The van der Waals surface area contributed by atoms with Crippen molar-refractivity contribution in [2.24, 2.45) is 0 Å². The third kappa shape index (κ3) is 10.9. The third-order valence-corrected chi connectivity index (χ3v) is 7.56. The highest BCUT2D eigenvalue weighted by molar-refractivity contribution is 6.01. The van der Waals surface area contributed by atoms with Gasteiger partial charge in [-0.1, -0.05) is 103 Å². The lowest BCUT2D eigenvalue weighted by Gasteiger charge is -2.45. The first-order valence-electron chi connectivity index (χ1n) is 12.9. The van der Waals surface area contributed by atoms with Gasteiger partial charge in [0.25, 0.3) is 5.54 Å². The minimum Gasteiger partial charge on any atom is -0.476 e. The van der Waals surface area contributed by atoms with Crippen molar-refractivity contribution in [1.82, 2.24) is 0 Å². The van der Waals surface area contributed by atoms with Crippen molar-refractivity contribution in [2.45, 2.75) is 142 Å². The number of carboxylic acids is 2. The first-order valence-corrected chi connectivity index (χ1v) is 12.9. The zero-order chi connectivity index (χ0) is 23.8. The Bertz CT molecular complexity index is 476. The number of nitrogens with zero attached hydrogens (tertiary/aromatic N) is 1. The third-order valence-electron chi connectivity index (χ3n) is 7.56. The van der Waals surface area contributed by atoms with Crippen LogP contribution in [0.1, 0.15) is 130 Å². The second-order valence-electron chi connectivity index (χ2n) is 10.2. The van der Waals surface area contributed by atoms with Gasteiger partial charge >= 0.3 is 11.9 Å². The fraction of sp³-hybridized carbons (Fsp3) is 0.923. The van der Waals surface area contributed by atoms with Crippen LogP contribution in [0.3, 0.4) is 0 Å². The van der Waals surface area contributed by atoms with E-state index in [1.165, 1.54) is 96.8 Å². The molecular weight excluding hydrogens is 390 g/mol. The molecule has 0 spiro atoms. The highest BCUT2D eigenvalue weighted by Gasteiger charge is 2.57. The largest absolute Gasteiger partial charge is 0.476 e. The molecule has 5 nitrogen and oxygen atoms in total. The SMILES string of the molecule is CCCCCCCCCCCCCCCCCCC(C)[N+](C)(C)C(C)(C(=O)O)C(=O)O. The van der Waals surface area contributed by atoms with E-state index in [9.17, 15) is 19.8 Å². The van der Waals surface area contributed by atoms with Gasteiger partial charge in [0.1, 0.15) is 0 Å². The average Bonchev–Trinajstić information content (AvgIpc) is 2.71. The lowest BCUT2D eigenvalue weighted by atomic mass is 9.93. The van der Waals surface area contributed by atoms with Gasteiger partial charge in [-0.15, -0.1) is 0 Å².